The molecule has 1 aliphatic carbocycles. The largest absolute Gasteiger partial charge is 0.616 e. The third kappa shape index (κ3) is 6.11. The van der Waals surface area contributed by atoms with Crippen molar-refractivity contribution in [3.8, 4) is 0 Å². The lowest BCUT2D eigenvalue weighted by molar-refractivity contribution is 0.0456. The van der Waals surface area contributed by atoms with Crippen LogP contribution in [0.3, 0.4) is 0 Å². The Balaban J connectivity index is 1.81. The lowest BCUT2D eigenvalue weighted by atomic mass is 9.68. The van der Waals surface area contributed by atoms with Crippen molar-refractivity contribution in [1.29, 1.82) is 0 Å². The van der Waals surface area contributed by atoms with Crippen LogP contribution in [0.5, 0.6) is 0 Å². The Bertz CT molecular complexity index is 759. The van der Waals surface area contributed by atoms with Gasteiger partial charge in [0.25, 0.3) is 0 Å². The summed E-state index contributed by atoms with van der Waals surface area (Å²) in [4.78, 5) is 18.8. The van der Waals surface area contributed by atoms with Crippen LogP contribution in [0.2, 0.25) is 0 Å². The smallest absolute Gasteiger partial charge is 0.175 e. The normalized spacial score (nSPS) is 25.3. The van der Waals surface area contributed by atoms with Crippen molar-refractivity contribution >= 4 is 22.7 Å². The summed E-state index contributed by atoms with van der Waals surface area (Å²) in [7, 11) is 1.65. The molecule has 0 bridgehead atoms. The fourth-order valence-corrected chi connectivity index (χ4v) is 5.85. The van der Waals surface area contributed by atoms with Gasteiger partial charge in [0.2, 0.25) is 0 Å². The molecular weight excluding hydrogens is 410 g/mol. The summed E-state index contributed by atoms with van der Waals surface area (Å²) in [5, 5.41) is 7.87. The van der Waals surface area contributed by atoms with E-state index in [0.717, 1.165) is 61.8 Å². The summed E-state index contributed by atoms with van der Waals surface area (Å²) in [6.45, 7) is 13.8. The van der Waals surface area contributed by atoms with Crippen molar-refractivity contribution in [2.24, 2.45) is 16.1 Å². The topological polar surface area (TPSA) is 83.9 Å². The van der Waals surface area contributed by atoms with Gasteiger partial charge in [-0.3, -0.25) is 4.90 Å². The first-order valence-corrected chi connectivity index (χ1v) is 12.9. The van der Waals surface area contributed by atoms with Gasteiger partial charge in [0.15, 0.2) is 5.82 Å². The van der Waals surface area contributed by atoms with Crippen molar-refractivity contribution in [3.63, 3.8) is 0 Å². The molecule has 2 heterocycles. The van der Waals surface area contributed by atoms with Gasteiger partial charge in [-0.2, -0.15) is 0 Å². The van der Waals surface area contributed by atoms with Gasteiger partial charge in [0.1, 0.15) is 11.5 Å². The molecule has 2 aliphatic rings. The second kappa shape index (κ2) is 9.63. The molecule has 2 unspecified atom stereocenters. The van der Waals surface area contributed by atoms with Gasteiger partial charge in [0.05, 0.1) is 11.0 Å². The lowest BCUT2D eigenvalue weighted by Crippen LogP contribution is -2.53. The Morgan fingerprint density at radius 1 is 1.32 bits per heavy atom. The summed E-state index contributed by atoms with van der Waals surface area (Å²) in [5.74, 6) is 2.50. The highest BCUT2D eigenvalue weighted by Gasteiger charge is 2.42. The lowest BCUT2D eigenvalue weighted by Gasteiger charge is -2.48. The standard InChI is InChI=1S/C23H39N5O2S/c1-22(2,3)16-24-19-8-7-18(25-21(19)27(6)26-29)17-9-10-23(4,5)20(15-17)28-11-13-31(30)14-12-28/h7-8,17,20,24H,9-16H2,1-6H3. The molecule has 7 nitrogen and oxygen atoms in total. The van der Waals surface area contributed by atoms with E-state index in [9.17, 15) is 9.46 Å². The molecule has 8 heteroatoms. The number of pyridine rings is 1. The van der Waals surface area contributed by atoms with E-state index in [1.807, 2.05) is 6.07 Å². The molecular formula is C23H39N5O2S. The molecule has 31 heavy (non-hydrogen) atoms. The van der Waals surface area contributed by atoms with E-state index in [0.29, 0.717) is 17.8 Å². The molecule has 0 radical (unpaired) electrons. The maximum Gasteiger partial charge on any atom is 0.175 e. The Labute approximate surface area is 190 Å². The molecule has 1 saturated heterocycles. The van der Waals surface area contributed by atoms with Crippen LogP contribution in [-0.2, 0) is 11.2 Å². The summed E-state index contributed by atoms with van der Waals surface area (Å²) >= 11 is -0.662. The summed E-state index contributed by atoms with van der Waals surface area (Å²) in [6, 6.07) is 4.61. The van der Waals surface area contributed by atoms with E-state index >= 15 is 0 Å². The summed E-state index contributed by atoms with van der Waals surface area (Å²) < 4.78 is 11.8. The van der Waals surface area contributed by atoms with Crippen molar-refractivity contribution in [3.05, 3.63) is 22.7 Å². The molecule has 1 aromatic heterocycles. The summed E-state index contributed by atoms with van der Waals surface area (Å²) in [5.41, 5.74) is 2.22. The van der Waals surface area contributed by atoms with Gasteiger partial charge in [0, 0.05) is 44.3 Å². The van der Waals surface area contributed by atoms with E-state index in [-0.39, 0.29) is 10.8 Å². The predicted molar refractivity (Wildman–Crippen MR) is 130 cm³/mol. The molecule has 1 saturated carbocycles. The fraction of sp³-hybridized carbons (Fsp3) is 0.783. The summed E-state index contributed by atoms with van der Waals surface area (Å²) in [6.07, 6.45) is 3.26. The third-order valence-corrected chi connectivity index (χ3v) is 8.03. The highest BCUT2D eigenvalue weighted by atomic mass is 32.2. The molecule has 0 spiro atoms. The maximum atomic E-state index is 11.8. The third-order valence-electron chi connectivity index (χ3n) is 6.75. The zero-order valence-electron chi connectivity index (χ0n) is 20.0. The molecule has 0 amide bonds. The van der Waals surface area contributed by atoms with Gasteiger partial charge >= 0.3 is 0 Å². The van der Waals surface area contributed by atoms with Crippen molar-refractivity contribution < 1.29 is 4.55 Å². The van der Waals surface area contributed by atoms with Crippen LogP contribution in [0.25, 0.3) is 0 Å². The predicted octanol–water partition coefficient (Wildman–Crippen LogP) is 4.38. The molecule has 2 atom stereocenters. The van der Waals surface area contributed by atoms with Crippen LogP contribution in [-0.4, -0.2) is 58.7 Å². The van der Waals surface area contributed by atoms with Crippen molar-refractivity contribution in [1.82, 2.24) is 9.88 Å². The van der Waals surface area contributed by atoms with Gasteiger partial charge in [-0.1, -0.05) is 45.8 Å². The number of hydrogen-bond acceptors (Lipinski definition) is 6. The monoisotopic (exact) mass is 449 g/mol. The second-order valence-corrected chi connectivity index (χ2v) is 12.7. The molecule has 1 aromatic rings. The van der Waals surface area contributed by atoms with E-state index in [1.54, 1.807) is 7.05 Å². The van der Waals surface area contributed by atoms with Crippen LogP contribution in [0.4, 0.5) is 11.5 Å². The molecule has 174 valence electrons. The first kappa shape index (κ1) is 24.3. The fourth-order valence-electron chi connectivity index (χ4n) is 4.77. The quantitative estimate of drug-likeness (QED) is 0.394. The number of nitroso groups, excluding NO2 is 1. The van der Waals surface area contributed by atoms with Crippen LogP contribution >= 0.6 is 0 Å². The number of aromatic nitrogens is 1. The van der Waals surface area contributed by atoms with Gasteiger partial charge in [-0.05, 0) is 42.2 Å². The van der Waals surface area contributed by atoms with Crippen molar-refractivity contribution in [2.75, 3.05) is 48.5 Å². The average Bonchev–Trinajstić information content (AvgIpc) is 2.72. The number of rotatable bonds is 6. The van der Waals surface area contributed by atoms with E-state index < -0.39 is 11.2 Å². The average molecular weight is 450 g/mol. The van der Waals surface area contributed by atoms with Crippen LogP contribution in [0.15, 0.2) is 17.4 Å². The van der Waals surface area contributed by atoms with E-state index in [4.69, 9.17) is 4.98 Å². The highest BCUT2D eigenvalue weighted by molar-refractivity contribution is 7.91. The van der Waals surface area contributed by atoms with Gasteiger partial charge < -0.3 is 9.87 Å². The first-order valence-electron chi connectivity index (χ1n) is 11.4. The molecule has 0 aromatic carbocycles. The minimum atomic E-state index is -0.662. The van der Waals surface area contributed by atoms with E-state index in [1.165, 1.54) is 5.01 Å². The SMILES string of the molecule is CN(N=O)c1nc(C2CCC(C)(C)C(N3CC[S+]([O-])CC3)C2)ccc1NCC(C)(C)C. The Morgan fingerprint density at radius 2 is 2.00 bits per heavy atom. The molecule has 1 aliphatic heterocycles. The maximum absolute atomic E-state index is 11.8. The molecule has 3 rings (SSSR count). The van der Waals surface area contributed by atoms with Crippen molar-refractivity contribution in [2.45, 2.75) is 65.8 Å². The second-order valence-electron chi connectivity index (χ2n) is 11.0. The highest BCUT2D eigenvalue weighted by Crippen LogP contribution is 2.45. The number of hydrogen-bond donors (Lipinski definition) is 1. The number of nitrogens with one attached hydrogen (secondary N) is 1. The molecule has 1 N–H and O–H groups in total. The number of anilines is 2. The molecule has 2 fully saturated rings. The van der Waals surface area contributed by atoms with Crippen LogP contribution in [0.1, 0.15) is 65.5 Å². The zero-order chi connectivity index (χ0) is 22.8. The Kier molecular flexibility index (Phi) is 7.54. The van der Waals surface area contributed by atoms with Crippen LogP contribution in [0, 0.1) is 15.7 Å². The Morgan fingerprint density at radius 3 is 2.61 bits per heavy atom. The van der Waals surface area contributed by atoms with Gasteiger partial charge in [-0.15, -0.1) is 4.91 Å². The minimum Gasteiger partial charge on any atom is -0.616 e. The number of nitrogens with zero attached hydrogens (tertiary/aromatic N) is 4. The Hall–Kier alpha value is -1.38. The van der Waals surface area contributed by atoms with Crippen LogP contribution < -0.4 is 10.3 Å². The zero-order valence-corrected chi connectivity index (χ0v) is 20.8. The van der Waals surface area contributed by atoms with E-state index in [2.05, 4.69) is 56.2 Å². The minimum absolute atomic E-state index is 0.114. The first-order chi connectivity index (χ1) is 14.5. The van der Waals surface area contributed by atoms with Gasteiger partial charge in [-0.25, -0.2) is 9.99 Å².